The highest BCUT2D eigenvalue weighted by molar-refractivity contribution is 9.11. The van der Waals surface area contributed by atoms with Crippen LogP contribution in [0.15, 0.2) is 32.5 Å². The lowest BCUT2D eigenvalue weighted by molar-refractivity contribution is 0.0562. The highest BCUT2D eigenvalue weighted by atomic mass is 79.9. The van der Waals surface area contributed by atoms with E-state index < -0.39 is 5.97 Å². The van der Waals surface area contributed by atoms with Gasteiger partial charge < -0.3 is 14.5 Å². The monoisotopic (exact) mass is 357 g/mol. The van der Waals surface area contributed by atoms with Crippen LogP contribution in [0, 0.1) is 0 Å². The Hall–Kier alpha value is -1.11. The Labute approximate surface area is 130 Å². The number of ether oxygens (including phenoxy) is 1. The molecule has 0 amide bonds. The fourth-order valence-corrected chi connectivity index (χ4v) is 3.28. The number of methoxy groups -OCH3 is 1. The van der Waals surface area contributed by atoms with Crippen molar-refractivity contribution in [1.82, 2.24) is 5.32 Å². The molecule has 20 heavy (non-hydrogen) atoms. The van der Waals surface area contributed by atoms with Crippen LogP contribution >= 0.6 is 27.3 Å². The molecule has 2 heterocycles. The molecular weight excluding hydrogens is 342 g/mol. The Bertz CT molecular complexity index is 578. The van der Waals surface area contributed by atoms with Gasteiger partial charge in [0, 0.05) is 11.4 Å². The van der Waals surface area contributed by atoms with Crippen molar-refractivity contribution in [2.75, 3.05) is 13.7 Å². The van der Waals surface area contributed by atoms with Crippen LogP contribution in [-0.4, -0.2) is 19.6 Å². The molecule has 0 aliphatic rings. The molecular formula is C14H16BrNO3S. The predicted molar refractivity (Wildman–Crippen MR) is 82.2 cm³/mol. The fraction of sp³-hybridized carbons (Fsp3) is 0.357. The van der Waals surface area contributed by atoms with Crippen molar-refractivity contribution in [3.05, 3.63) is 44.4 Å². The van der Waals surface area contributed by atoms with Gasteiger partial charge in [0.2, 0.25) is 5.76 Å². The van der Waals surface area contributed by atoms with Crippen LogP contribution in [0.25, 0.3) is 0 Å². The molecule has 0 bridgehead atoms. The second kappa shape index (κ2) is 7.06. The molecule has 1 unspecified atom stereocenters. The third kappa shape index (κ3) is 3.94. The molecule has 0 radical (unpaired) electrons. The second-order valence-electron chi connectivity index (χ2n) is 4.33. The average molecular weight is 358 g/mol. The summed E-state index contributed by atoms with van der Waals surface area (Å²) in [5.41, 5.74) is 0. The number of nitrogens with one attached hydrogen (secondary N) is 1. The smallest absolute Gasteiger partial charge is 0.373 e. The van der Waals surface area contributed by atoms with E-state index in [4.69, 9.17) is 4.42 Å². The van der Waals surface area contributed by atoms with Crippen LogP contribution < -0.4 is 5.32 Å². The molecule has 0 saturated heterocycles. The van der Waals surface area contributed by atoms with E-state index in [1.807, 2.05) is 6.92 Å². The Kier molecular flexibility index (Phi) is 5.39. The van der Waals surface area contributed by atoms with E-state index in [9.17, 15) is 4.79 Å². The average Bonchev–Trinajstić information content (AvgIpc) is 3.07. The first-order valence-corrected chi connectivity index (χ1v) is 7.86. The van der Waals surface area contributed by atoms with Crippen molar-refractivity contribution >= 4 is 33.2 Å². The number of esters is 1. The molecule has 2 aromatic rings. The highest BCUT2D eigenvalue weighted by Gasteiger charge is 2.14. The molecule has 108 valence electrons. The van der Waals surface area contributed by atoms with Gasteiger partial charge in [-0.1, -0.05) is 0 Å². The summed E-state index contributed by atoms with van der Waals surface area (Å²) in [5, 5.41) is 3.37. The van der Waals surface area contributed by atoms with Crippen LogP contribution in [0.5, 0.6) is 0 Å². The maximum absolute atomic E-state index is 11.3. The van der Waals surface area contributed by atoms with Crippen LogP contribution in [0.1, 0.15) is 34.2 Å². The molecule has 0 fully saturated rings. The zero-order valence-corrected chi connectivity index (χ0v) is 13.7. The minimum Gasteiger partial charge on any atom is -0.463 e. The molecule has 0 aromatic carbocycles. The molecule has 2 rings (SSSR count). The van der Waals surface area contributed by atoms with E-state index in [0.717, 1.165) is 22.5 Å². The number of rotatable bonds is 6. The number of carbonyl (C=O) groups excluding carboxylic acids is 1. The summed E-state index contributed by atoms with van der Waals surface area (Å²) in [6.07, 6.45) is 0.963. The van der Waals surface area contributed by atoms with Gasteiger partial charge >= 0.3 is 5.97 Å². The van der Waals surface area contributed by atoms with E-state index >= 15 is 0 Å². The molecule has 0 saturated carbocycles. The van der Waals surface area contributed by atoms with Crippen LogP contribution in [-0.2, 0) is 11.2 Å². The molecule has 1 atom stereocenters. The van der Waals surface area contributed by atoms with Gasteiger partial charge in [-0.05, 0) is 53.5 Å². The molecule has 0 spiro atoms. The normalized spacial score (nSPS) is 12.3. The maximum Gasteiger partial charge on any atom is 0.373 e. The summed E-state index contributed by atoms with van der Waals surface area (Å²) < 4.78 is 11.2. The summed E-state index contributed by atoms with van der Waals surface area (Å²) in [7, 11) is 1.34. The van der Waals surface area contributed by atoms with Gasteiger partial charge in [0.1, 0.15) is 5.76 Å². The third-order valence-electron chi connectivity index (χ3n) is 2.89. The number of hydrogen-bond acceptors (Lipinski definition) is 5. The van der Waals surface area contributed by atoms with E-state index in [2.05, 4.69) is 38.1 Å². The molecule has 0 aliphatic heterocycles. The predicted octanol–water partition coefficient (Wildman–Crippen LogP) is 3.78. The van der Waals surface area contributed by atoms with Crippen molar-refractivity contribution in [3.8, 4) is 0 Å². The highest BCUT2D eigenvalue weighted by Crippen LogP contribution is 2.22. The number of hydrogen-bond donors (Lipinski definition) is 1. The SMILES string of the molecule is COC(=O)c1ccc(C(C)NCCc2ccc(Br)s2)o1. The van der Waals surface area contributed by atoms with Crippen molar-refractivity contribution in [3.63, 3.8) is 0 Å². The molecule has 4 nitrogen and oxygen atoms in total. The zero-order chi connectivity index (χ0) is 14.5. The lowest BCUT2D eigenvalue weighted by Crippen LogP contribution is -2.20. The largest absolute Gasteiger partial charge is 0.463 e. The zero-order valence-electron chi connectivity index (χ0n) is 11.3. The number of furan rings is 1. The maximum atomic E-state index is 11.3. The standard InChI is InChI=1S/C14H16BrNO3S/c1-9(11-4-5-12(19-11)14(17)18-2)16-8-7-10-3-6-13(15)20-10/h3-6,9,16H,7-8H2,1-2H3. The number of thiophene rings is 1. The van der Waals surface area contributed by atoms with Gasteiger partial charge in [-0.3, -0.25) is 0 Å². The van der Waals surface area contributed by atoms with Crippen molar-refractivity contribution in [2.24, 2.45) is 0 Å². The molecule has 0 aliphatic carbocycles. The van der Waals surface area contributed by atoms with Crippen molar-refractivity contribution < 1.29 is 13.9 Å². The molecule has 6 heteroatoms. The number of carbonyl (C=O) groups is 1. The first-order chi connectivity index (χ1) is 9.60. The Morgan fingerprint density at radius 2 is 2.25 bits per heavy atom. The third-order valence-corrected chi connectivity index (χ3v) is 4.57. The summed E-state index contributed by atoms with van der Waals surface area (Å²) in [6, 6.07) is 7.65. The fourth-order valence-electron chi connectivity index (χ4n) is 1.79. The van der Waals surface area contributed by atoms with Gasteiger partial charge in [-0.2, -0.15) is 0 Å². The Balaban J connectivity index is 1.83. The molecule has 1 N–H and O–H groups in total. The first kappa shape index (κ1) is 15.3. The van der Waals surface area contributed by atoms with Gasteiger partial charge in [0.05, 0.1) is 16.9 Å². The summed E-state index contributed by atoms with van der Waals surface area (Å²) in [4.78, 5) is 12.6. The van der Waals surface area contributed by atoms with Crippen molar-refractivity contribution in [1.29, 1.82) is 0 Å². The minimum absolute atomic E-state index is 0.0526. The first-order valence-electron chi connectivity index (χ1n) is 6.26. The molecule has 2 aromatic heterocycles. The number of halogens is 1. The summed E-state index contributed by atoms with van der Waals surface area (Å²) >= 11 is 5.19. The van der Waals surface area contributed by atoms with Gasteiger partial charge in [-0.15, -0.1) is 11.3 Å². The van der Waals surface area contributed by atoms with E-state index in [1.165, 1.54) is 12.0 Å². The van der Waals surface area contributed by atoms with Crippen LogP contribution in [0.2, 0.25) is 0 Å². The van der Waals surface area contributed by atoms with E-state index in [0.29, 0.717) is 0 Å². The van der Waals surface area contributed by atoms with Gasteiger partial charge in [-0.25, -0.2) is 4.79 Å². The van der Waals surface area contributed by atoms with E-state index in [-0.39, 0.29) is 11.8 Å². The quantitative estimate of drug-likeness (QED) is 0.799. The Morgan fingerprint density at radius 3 is 2.90 bits per heavy atom. The van der Waals surface area contributed by atoms with Crippen molar-refractivity contribution in [2.45, 2.75) is 19.4 Å². The Morgan fingerprint density at radius 1 is 1.45 bits per heavy atom. The summed E-state index contributed by atoms with van der Waals surface area (Å²) in [5.74, 6) is 0.517. The summed E-state index contributed by atoms with van der Waals surface area (Å²) in [6.45, 7) is 2.85. The van der Waals surface area contributed by atoms with Gasteiger partial charge in [0.25, 0.3) is 0 Å². The lowest BCUT2D eigenvalue weighted by Gasteiger charge is -2.10. The second-order valence-corrected chi connectivity index (χ2v) is 6.87. The van der Waals surface area contributed by atoms with Gasteiger partial charge in [0.15, 0.2) is 0 Å². The van der Waals surface area contributed by atoms with Crippen LogP contribution in [0.4, 0.5) is 0 Å². The van der Waals surface area contributed by atoms with E-state index in [1.54, 1.807) is 23.5 Å². The van der Waals surface area contributed by atoms with Crippen LogP contribution in [0.3, 0.4) is 0 Å². The topological polar surface area (TPSA) is 51.5 Å². The minimum atomic E-state index is -0.452. The lowest BCUT2D eigenvalue weighted by atomic mass is 10.2.